The van der Waals surface area contributed by atoms with Crippen molar-refractivity contribution in [1.82, 2.24) is 0 Å². The minimum atomic E-state index is -0.580. The first-order chi connectivity index (χ1) is 9.78. The van der Waals surface area contributed by atoms with Crippen molar-refractivity contribution in [2.24, 2.45) is 0 Å². The number of aliphatic hydroxyl groups is 1. The number of thiophene rings is 1. The Kier molecular flexibility index (Phi) is 3.72. The van der Waals surface area contributed by atoms with Crippen LogP contribution < -0.4 is 4.74 Å². The standard InChI is InChI=1S/C17H16O2S/c1-2-19-14-9-7-12(8-10-14)17(18)16-11-13-5-3-4-6-15(13)20-16/h3-11,17-18H,2H2,1H3. The number of fused-ring (bicyclic) bond motifs is 1. The molecule has 2 aromatic carbocycles. The van der Waals surface area contributed by atoms with Gasteiger partial charge in [-0.1, -0.05) is 30.3 Å². The normalized spacial score (nSPS) is 12.5. The van der Waals surface area contributed by atoms with Gasteiger partial charge in [0, 0.05) is 9.58 Å². The van der Waals surface area contributed by atoms with E-state index in [4.69, 9.17) is 4.74 Å². The molecule has 0 saturated carbocycles. The average molecular weight is 284 g/mol. The zero-order valence-electron chi connectivity index (χ0n) is 11.2. The largest absolute Gasteiger partial charge is 0.494 e. The first kappa shape index (κ1) is 13.2. The van der Waals surface area contributed by atoms with Crippen LogP contribution >= 0.6 is 11.3 Å². The van der Waals surface area contributed by atoms with Gasteiger partial charge in [-0.2, -0.15) is 0 Å². The van der Waals surface area contributed by atoms with Crippen LogP contribution in [0.15, 0.2) is 54.6 Å². The lowest BCUT2D eigenvalue weighted by atomic mass is 10.1. The minimum Gasteiger partial charge on any atom is -0.494 e. The Morgan fingerprint density at radius 3 is 2.55 bits per heavy atom. The number of hydrogen-bond acceptors (Lipinski definition) is 3. The second-order valence-corrected chi connectivity index (χ2v) is 5.71. The summed E-state index contributed by atoms with van der Waals surface area (Å²) in [4.78, 5) is 0.968. The quantitative estimate of drug-likeness (QED) is 0.770. The predicted octanol–water partition coefficient (Wildman–Crippen LogP) is 4.38. The van der Waals surface area contributed by atoms with E-state index in [0.717, 1.165) is 16.2 Å². The molecule has 20 heavy (non-hydrogen) atoms. The number of hydrogen-bond donors (Lipinski definition) is 1. The highest BCUT2D eigenvalue weighted by atomic mass is 32.1. The second kappa shape index (κ2) is 5.65. The van der Waals surface area contributed by atoms with Crippen LogP contribution in [-0.2, 0) is 0 Å². The molecule has 0 amide bonds. The maximum absolute atomic E-state index is 10.5. The summed E-state index contributed by atoms with van der Waals surface area (Å²) < 4.78 is 6.62. The molecule has 0 fully saturated rings. The summed E-state index contributed by atoms with van der Waals surface area (Å²) in [5.41, 5.74) is 0.889. The van der Waals surface area contributed by atoms with Gasteiger partial charge in [0.1, 0.15) is 11.9 Å². The van der Waals surface area contributed by atoms with Gasteiger partial charge in [-0.3, -0.25) is 0 Å². The summed E-state index contributed by atoms with van der Waals surface area (Å²) in [5, 5.41) is 11.7. The lowest BCUT2D eigenvalue weighted by Crippen LogP contribution is -1.97. The third-order valence-corrected chi connectivity index (χ3v) is 4.39. The average Bonchev–Trinajstić information content (AvgIpc) is 2.91. The SMILES string of the molecule is CCOc1ccc(C(O)c2cc3ccccc3s2)cc1. The molecule has 1 heterocycles. The maximum atomic E-state index is 10.5. The van der Waals surface area contributed by atoms with E-state index in [1.165, 1.54) is 10.1 Å². The van der Waals surface area contributed by atoms with Gasteiger partial charge in [0.05, 0.1) is 6.61 Å². The van der Waals surface area contributed by atoms with Crippen molar-refractivity contribution >= 4 is 21.4 Å². The molecule has 102 valence electrons. The monoisotopic (exact) mass is 284 g/mol. The molecule has 0 saturated heterocycles. The van der Waals surface area contributed by atoms with E-state index < -0.39 is 6.10 Å². The van der Waals surface area contributed by atoms with Crippen LogP contribution in [0.25, 0.3) is 10.1 Å². The van der Waals surface area contributed by atoms with E-state index in [9.17, 15) is 5.11 Å². The van der Waals surface area contributed by atoms with Crippen LogP contribution in [0.4, 0.5) is 0 Å². The molecule has 1 aromatic heterocycles. The van der Waals surface area contributed by atoms with Gasteiger partial charge in [-0.25, -0.2) is 0 Å². The molecule has 0 aliphatic rings. The summed E-state index contributed by atoms with van der Waals surface area (Å²) in [6, 6.07) is 17.9. The van der Waals surface area contributed by atoms with Crippen LogP contribution in [-0.4, -0.2) is 11.7 Å². The second-order valence-electron chi connectivity index (χ2n) is 4.59. The highest BCUT2D eigenvalue weighted by Crippen LogP contribution is 2.33. The Bertz CT molecular complexity index is 667. The summed E-state index contributed by atoms with van der Waals surface area (Å²) >= 11 is 1.63. The van der Waals surface area contributed by atoms with Crippen molar-refractivity contribution in [2.45, 2.75) is 13.0 Å². The topological polar surface area (TPSA) is 29.5 Å². The van der Waals surface area contributed by atoms with Crippen molar-refractivity contribution in [3.63, 3.8) is 0 Å². The van der Waals surface area contributed by atoms with Gasteiger partial charge in [0.15, 0.2) is 0 Å². The zero-order chi connectivity index (χ0) is 13.9. The Hall–Kier alpha value is -1.84. The fraction of sp³-hybridized carbons (Fsp3) is 0.176. The highest BCUT2D eigenvalue weighted by Gasteiger charge is 2.13. The van der Waals surface area contributed by atoms with Gasteiger partial charge in [0.25, 0.3) is 0 Å². The molecule has 1 unspecified atom stereocenters. The lowest BCUT2D eigenvalue weighted by Gasteiger charge is -2.10. The van der Waals surface area contributed by atoms with Crippen LogP contribution in [0.1, 0.15) is 23.5 Å². The molecule has 2 nitrogen and oxygen atoms in total. The summed E-state index contributed by atoms with van der Waals surface area (Å²) in [6.45, 7) is 2.61. The molecule has 1 atom stereocenters. The number of aliphatic hydroxyl groups excluding tert-OH is 1. The van der Waals surface area contributed by atoms with Crippen molar-refractivity contribution in [1.29, 1.82) is 0 Å². The van der Waals surface area contributed by atoms with Crippen LogP contribution in [0.5, 0.6) is 5.75 Å². The molecule has 3 heteroatoms. The van der Waals surface area contributed by atoms with Crippen molar-refractivity contribution in [2.75, 3.05) is 6.61 Å². The van der Waals surface area contributed by atoms with Crippen LogP contribution in [0.2, 0.25) is 0 Å². The van der Waals surface area contributed by atoms with E-state index in [1.54, 1.807) is 11.3 Å². The zero-order valence-corrected chi connectivity index (χ0v) is 12.1. The third kappa shape index (κ3) is 2.55. The van der Waals surface area contributed by atoms with E-state index in [2.05, 4.69) is 18.2 Å². The number of ether oxygens (including phenoxy) is 1. The number of benzene rings is 2. The molecule has 3 rings (SSSR count). The molecular weight excluding hydrogens is 268 g/mol. The molecule has 0 radical (unpaired) electrons. The van der Waals surface area contributed by atoms with E-state index >= 15 is 0 Å². The maximum Gasteiger partial charge on any atom is 0.119 e. The Morgan fingerprint density at radius 2 is 1.85 bits per heavy atom. The van der Waals surface area contributed by atoms with E-state index in [-0.39, 0.29) is 0 Å². The first-order valence-corrected chi connectivity index (χ1v) is 7.49. The van der Waals surface area contributed by atoms with Gasteiger partial charge >= 0.3 is 0 Å². The highest BCUT2D eigenvalue weighted by molar-refractivity contribution is 7.19. The summed E-state index contributed by atoms with van der Waals surface area (Å²) in [7, 11) is 0. The predicted molar refractivity (Wildman–Crippen MR) is 83.5 cm³/mol. The van der Waals surface area contributed by atoms with E-state index in [1.807, 2.05) is 43.3 Å². The summed E-state index contributed by atoms with van der Waals surface area (Å²) in [5.74, 6) is 0.833. The van der Waals surface area contributed by atoms with Crippen LogP contribution in [0, 0.1) is 0 Å². The summed E-state index contributed by atoms with van der Waals surface area (Å²) in [6.07, 6.45) is -0.580. The van der Waals surface area contributed by atoms with Gasteiger partial charge in [0.2, 0.25) is 0 Å². The fourth-order valence-electron chi connectivity index (χ4n) is 2.21. The Balaban J connectivity index is 1.89. The van der Waals surface area contributed by atoms with Gasteiger partial charge in [-0.15, -0.1) is 11.3 Å². The van der Waals surface area contributed by atoms with Gasteiger partial charge in [-0.05, 0) is 42.1 Å². The Morgan fingerprint density at radius 1 is 1.10 bits per heavy atom. The molecule has 0 bridgehead atoms. The molecule has 0 aliphatic heterocycles. The molecule has 1 N–H and O–H groups in total. The van der Waals surface area contributed by atoms with Crippen molar-refractivity contribution < 1.29 is 9.84 Å². The van der Waals surface area contributed by atoms with E-state index in [0.29, 0.717) is 6.61 Å². The molecular formula is C17H16O2S. The minimum absolute atomic E-state index is 0.580. The smallest absolute Gasteiger partial charge is 0.119 e. The molecule has 0 aliphatic carbocycles. The fourth-order valence-corrected chi connectivity index (χ4v) is 3.29. The lowest BCUT2D eigenvalue weighted by molar-refractivity contribution is 0.224. The van der Waals surface area contributed by atoms with Gasteiger partial charge < -0.3 is 9.84 Å². The number of rotatable bonds is 4. The molecule has 0 spiro atoms. The van der Waals surface area contributed by atoms with Crippen molar-refractivity contribution in [3.8, 4) is 5.75 Å². The third-order valence-electron chi connectivity index (χ3n) is 3.22. The van der Waals surface area contributed by atoms with Crippen LogP contribution in [0.3, 0.4) is 0 Å². The first-order valence-electron chi connectivity index (χ1n) is 6.67. The van der Waals surface area contributed by atoms with Crippen molar-refractivity contribution in [3.05, 3.63) is 65.0 Å². The molecule has 3 aromatic rings. The Labute approximate surface area is 122 Å².